The Hall–Kier alpha value is -11.9. The van der Waals surface area contributed by atoms with Gasteiger partial charge in [0.25, 0.3) is 0 Å². The van der Waals surface area contributed by atoms with E-state index in [-0.39, 0.29) is 108 Å². The molecule has 706 valence electrons. The number of rotatable bonds is 60. The number of thioether (sulfide) groups is 1. The topological polar surface area (TPSA) is 711 Å². The van der Waals surface area contributed by atoms with E-state index in [0.717, 1.165) is 4.90 Å². The molecule has 3 rings (SSSR count). The summed E-state index contributed by atoms with van der Waals surface area (Å²) in [5, 5.41) is 63.6. The number of carbonyl (C=O) groups excluding carboxylic acids is 16. The standard InChI is InChI=1S/C83H134N24O19S/c1-12-46(6)67(107(10)81(124)61(39-51-26-17-14-18-27-51)104-79(122)66(45(4)5)106-68(111)47(7)94-70(113)56(33-37-127-11)98-73(116)55(31-32-62(86)109)99-78(121)65(44(2)3)105-69(112)48(8)95-77(120)64(88)49(9)108)80(123)103-59(40-52-42-91-43-93-52)75(118)102-60(41-63(87)110)76(119)101-58(38-50-24-15-13-16-25-50)74(117)97-53(28-19-21-34-84)71(114)96-54(30-23-36-92-83(89)90)72(115)100-57(82(125)126)29-20-22-35-85/h13-18,24-27,42-49,53-61,64-67,108H,12,19-23,28-41,84-85,88H2,1-11H3,(H2,86,109)(H2,87,110)(H,91,93)(H,94,113)(H,95,120)(H,96,114)(H,97,117)(H,98,116)(H,99,121)(H,100,115)(H,101,119)(H,102,118)(H,103,123)(H,104,122)(H,105,112)(H,106,111)(H,125,126)(H4,89,90,92)/t46-,47-,48-,49+,53-,54-,55-,56-,57-,58-,59-,60-,61-,64-,65-,66-,67-/m0/s1. The average Bonchev–Trinajstić information content (AvgIpc) is 1.59. The molecule has 1 aromatic heterocycles. The molecule has 0 aliphatic rings. The van der Waals surface area contributed by atoms with E-state index < -0.39 is 228 Å². The third-order valence-corrected chi connectivity index (χ3v) is 21.5. The summed E-state index contributed by atoms with van der Waals surface area (Å²) in [4.78, 5) is 246. The zero-order valence-corrected chi connectivity index (χ0v) is 75.0. The normalized spacial score (nSPS) is 15.2. The predicted octanol–water partition coefficient (Wildman–Crippen LogP) is -4.83. The van der Waals surface area contributed by atoms with Gasteiger partial charge in [-0.3, -0.25) is 82.1 Å². The minimum absolute atomic E-state index is 0.0156. The highest BCUT2D eigenvalue weighted by Crippen LogP contribution is 2.20. The van der Waals surface area contributed by atoms with Gasteiger partial charge in [-0.15, -0.1) is 0 Å². The Morgan fingerprint density at radius 1 is 0.472 bits per heavy atom. The maximum Gasteiger partial charge on any atom is 0.326 e. The number of guanidine groups is 1. The van der Waals surface area contributed by atoms with Crippen LogP contribution in [0.2, 0.25) is 0 Å². The summed E-state index contributed by atoms with van der Waals surface area (Å²) in [5.74, 6) is -18.3. The lowest BCUT2D eigenvalue weighted by atomic mass is 9.94. The van der Waals surface area contributed by atoms with Gasteiger partial charge in [-0.1, -0.05) is 109 Å². The summed E-state index contributed by atoms with van der Waals surface area (Å²) in [6.07, 6.45) is 2.25. The number of likely N-dealkylation sites (N-methyl/N-ethyl adjacent to an activating group) is 1. The number of carboxylic acids is 1. The second-order valence-electron chi connectivity index (χ2n) is 32.0. The summed E-state index contributed by atoms with van der Waals surface area (Å²) < 4.78 is 0. The van der Waals surface area contributed by atoms with Crippen LogP contribution in [0.15, 0.2) is 73.2 Å². The van der Waals surface area contributed by atoms with Crippen molar-refractivity contribution in [3.8, 4) is 0 Å². The summed E-state index contributed by atoms with van der Waals surface area (Å²) in [6.45, 7) is 14.2. The van der Waals surface area contributed by atoms with Crippen LogP contribution in [0.5, 0.6) is 0 Å². The molecular weight excluding hydrogens is 1670 g/mol. The van der Waals surface area contributed by atoms with Crippen LogP contribution < -0.4 is 109 Å². The number of hydrogen-bond donors (Lipinski definition) is 24. The van der Waals surface area contributed by atoms with Crippen LogP contribution in [0.25, 0.3) is 0 Å². The number of unbranched alkanes of at least 4 members (excludes halogenated alkanes) is 2. The maximum absolute atomic E-state index is 15.4. The van der Waals surface area contributed by atoms with Gasteiger partial charge in [0.05, 0.1) is 18.9 Å². The van der Waals surface area contributed by atoms with Crippen molar-refractivity contribution in [2.75, 3.05) is 38.7 Å². The Morgan fingerprint density at radius 3 is 1.31 bits per heavy atom. The molecule has 3 aromatic rings. The molecule has 30 N–H and O–H groups in total. The number of primary amides is 2. The number of carboxylic acid groups (broad SMARTS) is 1. The molecule has 0 bridgehead atoms. The smallest absolute Gasteiger partial charge is 0.326 e. The first-order valence-corrected chi connectivity index (χ1v) is 43.8. The third kappa shape index (κ3) is 39.3. The number of nitrogens with two attached hydrogens (primary N) is 6. The highest BCUT2D eigenvalue weighted by atomic mass is 32.2. The van der Waals surface area contributed by atoms with Gasteiger partial charge in [-0.05, 0) is 139 Å². The first-order valence-electron chi connectivity index (χ1n) is 42.5. The quantitative estimate of drug-likeness (QED) is 0.0143. The third-order valence-electron chi connectivity index (χ3n) is 20.8. The molecule has 0 radical (unpaired) electrons. The molecule has 0 saturated heterocycles. The number of hydrogen-bond acceptors (Lipinski definition) is 24. The number of aliphatic carboxylic acids is 1. The number of aromatic amines is 1. The average molecular weight is 1800 g/mol. The fourth-order valence-electron chi connectivity index (χ4n) is 13.2. The monoisotopic (exact) mass is 1800 g/mol. The number of H-pyrrole nitrogens is 1. The number of nitrogens with zero attached hydrogens (tertiary/aromatic N) is 2. The van der Waals surface area contributed by atoms with Gasteiger partial charge in [0.15, 0.2) is 5.96 Å². The number of aromatic nitrogens is 2. The summed E-state index contributed by atoms with van der Waals surface area (Å²) in [6, 6.07) is -5.25. The molecule has 2 aromatic carbocycles. The molecule has 0 aliphatic heterocycles. The van der Waals surface area contributed by atoms with Crippen LogP contribution in [-0.2, 0) is 101 Å². The van der Waals surface area contributed by atoms with E-state index >= 15 is 14.4 Å². The fraction of sp³-hybridized carbons (Fsp3) is 0.602. The minimum atomic E-state index is -1.88. The Morgan fingerprint density at radius 2 is 0.874 bits per heavy atom. The van der Waals surface area contributed by atoms with Gasteiger partial charge in [-0.25, -0.2) is 9.78 Å². The van der Waals surface area contributed by atoms with Crippen LogP contribution in [0, 0.1) is 23.2 Å². The molecule has 44 heteroatoms. The molecule has 0 aliphatic carbocycles. The molecule has 16 amide bonds. The van der Waals surface area contributed by atoms with Crippen molar-refractivity contribution in [3.63, 3.8) is 0 Å². The number of aliphatic hydroxyl groups is 1. The number of aliphatic hydroxyl groups excluding tert-OH is 1. The van der Waals surface area contributed by atoms with Crippen molar-refractivity contribution in [2.45, 2.75) is 262 Å². The Balaban J connectivity index is 2.01. The molecular formula is C83H134N24O19S. The van der Waals surface area contributed by atoms with Gasteiger partial charge >= 0.3 is 5.97 Å². The molecule has 127 heavy (non-hydrogen) atoms. The van der Waals surface area contributed by atoms with Crippen molar-refractivity contribution in [1.82, 2.24) is 89.3 Å². The van der Waals surface area contributed by atoms with Crippen LogP contribution in [0.1, 0.15) is 163 Å². The van der Waals surface area contributed by atoms with Crippen LogP contribution >= 0.6 is 11.8 Å². The maximum atomic E-state index is 15.4. The molecule has 1 heterocycles. The summed E-state index contributed by atoms with van der Waals surface area (Å²) in [5.41, 5.74) is 35.2. The number of carbonyl (C=O) groups is 17. The number of amides is 16. The zero-order valence-electron chi connectivity index (χ0n) is 74.1. The van der Waals surface area contributed by atoms with E-state index in [9.17, 15) is 77.3 Å². The summed E-state index contributed by atoms with van der Waals surface area (Å²) >= 11 is 1.30. The van der Waals surface area contributed by atoms with E-state index in [1.165, 1.54) is 52.1 Å². The second-order valence-corrected chi connectivity index (χ2v) is 33.0. The lowest BCUT2D eigenvalue weighted by Crippen LogP contribution is -2.62. The van der Waals surface area contributed by atoms with Crippen molar-refractivity contribution in [1.29, 1.82) is 5.41 Å². The van der Waals surface area contributed by atoms with Gasteiger partial charge < -0.3 is 129 Å². The molecule has 0 spiro atoms. The van der Waals surface area contributed by atoms with Crippen LogP contribution in [-0.4, -0.2) is 267 Å². The van der Waals surface area contributed by atoms with Crippen molar-refractivity contribution < 1.29 is 91.7 Å². The van der Waals surface area contributed by atoms with Gasteiger partial charge in [0.1, 0.15) is 90.6 Å². The lowest BCUT2D eigenvalue weighted by molar-refractivity contribution is -0.144. The highest BCUT2D eigenvalue weighted by Gasteiger charge is 2.42. The second kappa shape index (κ2) is 56.9. The van der Waals surface area contributed by atoms with Crippen LogP contribution in [0.4, 0.5) is 0 Å². The lowest BCUT2D eigenvalue weighted by Gasteiger charge is -2.35. The zero-order chi connectivity index (χ0) is 95.3. The van der Waals surface area contributed by atoms with Gasteiger partial charge in [0, 0.05) is 51.2 Å². The minimum Gasteiger partial charge on any atom is -0.480 e. The molecule has 43 nitrogen and oxygen atoms in total. The molecule has 0 saturated carbocycles. The van der Waals surface area contributed by atoms with Gasteiger partial charge in [0.2, 0.25) is 94.5 Å². The largest absolute Gasteiger partial charge is 0.480 e. The number of benzene rings is 2. The SMILES string of the molecule is CC[C@H](C)[C@@H](C(=O)N[C@@H](Cc1cnc[nH]1)C(=O)N[C@@H](CC(N)=O)C(=O)N[C@@H](Cc1ccccc1)C(=O)N[C@@H](CCCCN)C(=O)N[C@@H](CCCNC(=N)N)C(=O)N[C@@H](CCCCN)C(=O)O)N(C)C(=O)[C@H](Cc1ccccc1)NC(=O)[C@@H](NC(=O)[C@H](C)NC(=O)[C@H](CCSC)NC(=O)[C@H](CCC(N)=O)NC(=O)[C@@H](NC(=O)[C@H](C)NC(=O)[C@@H](N)[C@@H](C)O)C(C)C)C(C)C. The Kier molecular flexibility index (Phi) is 49.0. The fourth-order valence-corrected chi connectivity index (χ4v) is 13.6. The number of nitrogens with one attached hydrogen (secondary N) is 16. The van der Waals surface area contributed by atoms with Crippen LogP contribution in [0.3, 0.4) is 0 Å². The van der Waals surface area contributed by atoms with E-state index in [0.29, 0.717) is 30.4 Å². The van der Waals surface area contributed by atoms with E-state index in [1.807, 2.05) is 0 Å². The molecule has 0 unspecified atom stereocenters. The molecule has 17 atom stereocenters. The highest BCUT2D eigenvalue weighted by molar-refractivity contribution is 7.98. The van der Waals surface area contributed by atoms with E-state index in [4.69, 9.17) is 39.8 Å². The Labute approximate surface area is 743 Å². The first kappa shape index (κ1) is 109. The molecule has 0 fully saturated rings. The van der Waals surface area contributed by atoms with Gasteiger partial charge in [-0.2, -0.15) is 11.8 Å². The van der Waals surface area contributed by atoms with E-state index in [1.54, 1.807) is 108 Å². The van der Waals surface area contributed by atoms with Crippen molar-refractivity contribution in [3.05, 3.63) is 90.0 Å². The predicted molar refractivity (Wildman–Crippen MR) is 472 cm³/mol. The first-order chi connectivity index (χ1) is 60.0. The number of imidazole rings is 1. The Bertz CT molecular complexity index is 4110. The van der Waals surface area contributed by atoms with E-state index in [2.05, 4.69) is 84.4 Å². The summed E-state index contributed by atoms with van der Waals surface area (Å²) in [7, 11) is 1.31. The van der Waals surface area contributed by atoms with Crippen molar-refractivity contribution in [2.24, 2.45) is 52.2 Å². The van der Waals surface area contributed by atoms with Crippen molar-refractivity contribution >= 4 is 118 Å².